The second-order valence-corrected chi connectivity index (χ2v) is 5.47. The highest BCUT2D eigenvalue weighted by Crippen LogP contribution is 2.30. The van der Waals surface area contributed by atoms with Gasteiger partial charge >= 0.3 is 11.9 Å². The van der Waals surface area contributed by atoms with Gasteiger partial charge in [0, 0.05) is 0 Å². The number of aliphatic carboxylic acids is 1. The molecule has 1 rings (SSSR count). The molecule has 1 atom stereocenters. The average Bonchev–Trinajstić information content (AvgIpc) is 2.39. The molecule has 0 bridgehead atoms. The molecule has 0 amide bonds. The number of ether oxygens (including phenoxy) is 1. The van der Waals surface area contributed by atoms with Crippen molar-refractivity contribution in [2.75, 3.05) is 6.61 Å². The lowest BCUT2D eigenvalue weighted by Crippen LogP contribution is -2.57. The maximum atomic E-state index is 11.9. The van der Waals surface area contributed by atoms with E-state index in [-0.39, 0.29) is 18.9 Å². The van der Waals surface area contributed by atoms with Crippen LogP contribution in [0.5, 0.6) is 0 Å². The summed E-state index contributed by atoms with van der Waals surface area (Å²) < 4.78 is 5.01. The van der Waals surface area contributed by atoms with Crippen LogP contribution in [0.15, 0.2) is 0 Å². The van der Waals surface area contributed by atoms with E-state index >= 15 is 0 Å². The van der Waals surface area contributed by atoms with Gasteiger partial charge in [-0.05, 0) is 18.8 Å². The van der Waals surface area contributed by atoms with E-state index in [9.17, 15) is 14.7 Å². The van der Waals surface area contributed by atoms with E-state index in [1.54, 1.807) is 0 Å². The molecule has 0 radical (unpaired) electrons. The topological polar surface area (TPSA) is 89.6 Å². The Morgan fingerprint density at radius 3 is 2.47 bits per heavy atom. The summed E-state index contributed by atoms with van der Waals surface area (Å²) in [5.74, 6) is -1.85. The Morgan fingerprint density at radius 2 is 1.95 bits per heavy atom. The minimum Gasteiger partial charge on any atom is -0.479 e. The van der Waals surface area contributed by atoms with Gasteiger partial charge < -0.3 is 15.6 Å². The number of hydrogen-bond donors (Lipinski definition) is 2. The Labute approximate surface area is 114 Å². The molecule has 0 aromatic carbocycles. The monoisotopic (exact) mass is 271 g/mol. The van der Waals surface area contributed by atoms with E-state index in [2.05, 4.69) is 0 Å². The maximum absolute atomic E-state index is 11.9. The molecule has 1 aliphatic rings. The second kappa shape index (κ2) is 7.48. The quantitative estimate of drug-likeness (QED) is 0.420. The molecule has 0 saturated heterocycles. The number of carboxylic acids is 1. The lowest BCUT2D eigenvalue weighted by Gasteiger charge is -2.29. The Kier molecular flexibility index (Phi) is 6.28. The number of hydrogen-bond acceptors (Lipinski definition) is 4. The van der Waals surface area contributed by atoms with Gasteiger partial charge in [-0.25, -0.2) is 9.59 Å². The van der Waals surface area contributed by atoms with Crippen molar-refractivity contribution in [2.24, 2.45) is 11.7 Å². The van der Waals surface area contributed by atoms with E-state index in [0.29, 0.717) is 0 Å². The van der Waals surface area contributed by atoms with Crippen LogP contribution in [0.2, 0.25) is 0 Å². The highest BCUT2D eigenvalue weighted by atomic mass is 16.5. The number of carboxylic acid groups (broad SMARTS) is 1. The molecular formula is C14H25NO4. The molecule has 19 heavy (non-hydrogen) atoms. The van der Waals surface area contributed by atoms with Gasteiger partial charge in [0.05, 0.1) is 6.61 Å². The van der Waals surface area contributed by atoms with Crippen LogP contribution in [0.3, 0.4) is 0 Å². The maximum Gasteiger partial charge on any atom is 0.337 e. The first-order valence-electron chi connectivity index (χ1n) is 7.20. The van der Waals surface area contributed by atoms with Gasteiger partial charge in [-0.1, -0.05) is 45.4 Å². The Balaban J connectivity index is 2.61. The zero-order valence-electron chi connectivity index (χ0n) is 11.7. The van der Waals surface area contributed by atoms with Crippen molar-refractivity contribution in [3.63, 3.8) is 0 Å². The standard InChI is InChI=1S/C14H25NO4/c1-2-3-9-19-13(18)14(15,12(16)17)10-11-7-5-4-6-8-11/h11H,2-10,15H2,1H3,(H,16,17). The largest absolute Gasteiger partial charge is 0.479 e. The number of rotatable bonds is 7. The molecule has 1 aliphatic carbocycles. The highest BCUT2D eigenvalue weighted by Gasteiger charge is 2.45. The third kappa shape index (κ3) is 4.49. The van der Waals surface area contributed by atoms with Gasteiger partial charge in [0.2, 0.25) is 5.54 Å². The van der Waals surface area contributed by atoms with Gasteiger partial charge in [0.15, 0.2) is 0 Å². The third-order valence-electron chi connectivity index (χ3n) is 3.81. The fraction of sp³-hybridized carbons (Fsp3) is 0.857. The lowest BCUT2D eigenvalue weighted by atomic mass is 9.79. The van der Waals surface area contributed by atoms with Gasteiger partial charge in [0.1, 0.15) is 0 Å². The highest BCUT2D eigenvalue weighted by molar-refractivity contribution is 6.03. The number of esters is 1. The number of nitrogens with two attached hydrogens (primary N) is 1. The first-order chi connectivity index (χ1) is 9.00. The minimum absolute atomic E-state index is 0.188. The predicted molar refractivity (Wildman–Crippen MR) is 71.6 cm³/mol. The van der Waals surface area contributed by atoms with Crippen molar-refractivity contribution in [3.05, 3.63) is 0 Å². The molecule has 0 aliphatic heterocycles. The summed E-state index contributed by atoms with van der Waals surface area (Å²) in [5.41, 5.74) is 3.94. The number of unbranched alkanes of at least 4 members (excludes halogenated alkanes) is 1. The summed E-state index contributed by atoms with van der Waals surface area (Å²) in [6, 6.07) is 0. The first-order valence-corrected chi connectivity index (χ1v) is 7.20. The van der Waals surface area contributed by atoms with Crippen LogP contribution < -0.4 is 5.73 Å². The molecule has 1 fully saturated rings. The molecule has 1 saturated carbocycles. The van der Waals surface area contributed by atoms with Crippen molar-refractivity contribution in [3.8, 4) is 0 Å². The van der Waals surface area contributed by atoms with Crippen LogP contribution in [0.4, 0.5) is 0 Å². The molecule has 0 aromatic rings. The zero-order chi connectivity index (χ0) is 14.3. The molecule has 0 spiro atoms. The predicted octanol–water partition coefficient (Wildman–Crippen LogP) is 2.08. The summed E-state index contributed by atoms with van der Waals surface area (Å²) >= 11 is 0. The van der Waals surface area contributed by atoms with E-state index < -0.39 is 17.5 Å². The van der Waals surface area contributed by atoms with Gasteiger partial charge in [-0.2, -0.15) is 0 Å². The second-order valence-electron chi connectivity index (χ2n) is 5.47. The fourth-order valence-corrected chi connectivity index (χ4v) is 2.54. The summed E-state index contributed by atoms with van der Waals surface area (Å²) in [5, 5.41) is 9.26. The van der Waals surface area contributed by atoms with E-state index in [0.717, 1.165) is 38.5 Å². The van der Waals surface area contributed by atoms with Crippen molar-refractivity contribution in [2.45, 2.75) is 63.8 Å². The molecule has 3 N–H and O–H groups in total. The van der Waals surface area contributed by atoms with E-state index in [1.807, 2.05) is 6.92 Å². The average molecular weight is 271 g/mol. The molecule has 0 heterocycles. The zero-order valence-corrected chi connectivity index (χ0v) is 11.7. The smallest absolute Gasteiger partial charge is 0.337 e. The van der Waals surface area contributed by atoms with Crippen molar-refractivity contribution in [1.82, 2.24) is 0 Å². The molecule has 0 aromatic heterocycles. The summed E-state index contributed by atoms with van der Waals surface area (Å²) in [6.45, 7) is 2.22. The van der Waals surface area contributed by atoms with Crippen molar-refractivity contribution in [1.29, 1.82) is 0 Å². The van der Waals surface area contributed by atoms with Crippen molar-refractivity contribution < 1.29 is 19.4 Å². The SMILES string of the molecule is CCCCOC(=O)C(N)(CC1CCCCC1)C(=O)O. The van der Waals surface area contributed by atoms with Crippen LogP contribution in [0.1, 0.15) is 58.3 Å². The van der Waals surface area contributed by atoms with Gasteiger partial charge in [-0.3, -0.25) is 0 Å². The summed E-state index contributed by atoms with van der Waals surface area (Å²) in [6.07, 6.45) is 7.07. The fourth-order valence-electron chi connectivity index (χ4n) is 2.54. The summed E-state index contributed by atoms with van der Waals surface area (Å²) in [7, 11) is 0. The molecule has 5 heteroatoms. The summed E-state index contributed by atoms with van der Waals surface area (Å²) in [4.78, 5) is 23.3. The van der Waals surface area contributed by atoms with Gasteiger partial charge in [-0.15, -0.1) is 0 Å². The van der Waals surface area contributed by atoms with Crippen LogP contribution in [-0.4, -0.2) is 29.2 Å². The van der Waals surface area contributed by atoms with Crippen LogP contribution in [0.25, 0.3) is 0 Å². The molecular weight excluding hydrogens is 246 g/mol. The van der Waals surface area contributed by atoms with Crippen LogP contribution >= 0.6 is 0 Å². The normalized spacial score (nSPS) is 19.7. The van der Waals surface area contributed by atoms with E-state index in [1.165, 1.54) is 6.42 Å². The Hall–Kier alpha value is -1.10. The van der Waals surface area contributed by atoms with Gasteiger partial charge in [0.25, 0.3) is 0 Å². The van der Waals surface area contributed by atoms with Crippen LogP contribution in [0, 0.1) is 5.92 Å². The van der Waals surface area contributed by atoms with Crippen LogP contribution in [-0.2, 0) is 14.3 Å². The molecule has 110 valence electrons. The molecule has 5 nitrogen and oxygen atoms in total. The Bertz CT molecular complexity index is 313. The van der Waals surface area contributed by atoms with Crippen molar-refractivity contribution >= 4 is 11.9 Å². The minimum atomic E-state index is -1.88. The Morgan fingerprint density at radius 1 is 1.32 bits per heavy atom. The number of carbonyl (C=O) groups excluding carboxylic acids is 1. The number of carbonyl (C=O) groups is 2. The van der Waals surface area contributed by atoms with E-state index in [4.69, 9.17) is 10.5 Å². The molecule has 1 unspecified atom stereocenters. The first kappa shape index (κ1) is 16.0. The third-order valence-corrected chi connectivity index (χ3v) is 3.81. The lowest BCUT2D eigenvalue weighted by molar-refractivity contribution is -0.162.